The quantitative estimate of drug-likeness (QED) is 0.801. The number of benzene rings is 1. The minimum absolute atomic E-state index is 0.687. The zero-order valence-electron chi connectivity index (χ0n) is 10.3. The standard InChI is InChI=1S/C13H16ClN3S/c1-2-3-9-17(11-7-5-4-6-8-11)10-12-13(14)18-16-15-12/h4-8H,2-3,9-10H2,1H3. The zero-order chi connectivity index (χ0) is 12.8. The summed E-state index contributed by atoms with van der Waals surface area (Å²) in [7, 11) is 0. The van der Waals surface area contributed by atoms with Crippen molar-refractivity contribution in [2.75, 3.05) is 11.4 Å². The number of rotatable bonds is 6. The van der Waals surface area contributed by atoms with Gasteiger partial charge >= 0.3 is 0 Å². The van der Waals surface area contributed by atoms with Crippen molar-refractivity contribution < 1.29 is 0 Å². The molecule has 0 spiro atoms. The fourth-order valence-electron chi connectivity index (χ4n) is 1.76. The highest BCUT2D eigenvalue weighted by Gasteiger charge is 2.12. The Hall–Kier alpha value is -1.13. The van der Waals surface area contributed by atoms with Gasteiger partial charge in [-0.2, -0.15) is 0 Å². The maximum absolute atomic E-state index is 6.07. The second-order valence-electron chi connectivity index (χ2n) is 4.10. The number of unbranched alkanes of at least 4 members (excludes halogenated alkanes) is 1. The van der Waals surface area contributed by atoms with E-state index >= 15 is 0 Å². The van der Waals surface area contributed by atoms with Crippen molar-refractivity contribution in [3.8, 4) is 0 Å². The average molecular weight is 282 g/mol. The average Bonchev–Trinajstić information content (AvgIpc) is 2.81. The lowest BCUT2D eigenvalue weighted by Crippen LogP contribution is -2.24. The lowest BCUT2D eigenvalue weighted by atomic mass is 10.2. The fourth-order valence-corrected chi connectivity index (χ4v) is 2.37. The van der Waals surface area contributed by atoms with E-state index in [-0.39, 0.29) is 0 Å². The summed E-state index contributed by atoms with van der Waals surface area (Å²) in [5.74, 6) is 0. The Morgan fingerprint density at radius 2 is 2.06 bits per heavy atom. The fraction of sp³-hybridized carbons (Fsp3) is 0.385. The summed E-state index contributed by atoms with van der Waals surface area (Å²) in [5, 5.41) is 4.08. The third-order valence-electron chi connectivity index (χ3n) is 2.75. The van der Waals surface area contributed by atoms with E-state index in [0.29, 0.717) is 4.34 Å². The van der Waals surface area contributed by atoms with Crippen LogP contribution in [0, 0.1) is 0 Å². The molecule has 0 aliphatic carbocycles. The Morgan fingerprint density at radius 1 is 1.28 bits per heavy atom. The van der Waals surface area contributed by atoms with Gasteiger partial charge in [0.25, 0.3) is 0 Å². The van der Waals surface area contributed by atoms with Crippen molar-refractivity contribution in [3.63, 3.8) is 0 Å². The van der Waals surface area contributed by atoms with Crippen LogP contribution >= 0.6 is 23.1 Å². The van der Waals surface area contributed by atoms with Gasteiger partial charge in [-0.1, -0.05) is 47.6 Å². The molecule has 0 saturated carbocycles. The molecule has 3 nitrogen and oxygen atoms in total. The summed E-state index contributed by atoms with van der Waals surface area (Å²) >= 11 is 7.32. The summed E-state index contributed by atoms with van der Waals surface area (Å²) in [6.45, 7) is 3.92. The van der Waals surface area contributed by atoms with Gasteiger partial charge in [-0.05, 0) is 18.6 Å². The number of halogens is 1. The van der Waals surface area contributed by atoms with Gasteiger partial charge in [0.1, 0.15) is 10.0 Å². The maximum Gasteiger partial charge on any atom is 0.139 e. The van der Waals surface area contributed by atoms with Crippen molar-refractivity contribution in [3.05, 3.63) is 40.4 Å². The smallest absolute Gasteiger partial charge is 0.139 e. The van der Waals surface area contributed by atoms with Gasteiger partial charge in [0.2, 0.25) is 0 Å². The van der Waals surface area contributed by atoms with Gasteiger partial charge in [-0.15, -0.1) is 5.10 Å². The van der Waals surface area contributed by atoms with E-state index in [1.807, 2.05) is 6.07 Å². The van der Waals surface area contributed by atoms with E-state index in [9.17, 15) is 0 Å². The van der Waals surface area contributed by atoms with Crippen LogP contribution in [0.4, 0.5) is 5.69 Å². The Balaban J connectivity index is 2.13. The molecular formula is C13H16ClN3S. The lowest BCUT2D eigenvalue weighted by molar-refractivity contribution is 0.706. The van der Waals surface area contributed by atoms with Crippen LogP contribution < -0.4 is 4.90 Å². The molecule has 18 heavy (non-hydrogen) atoms. The molecule has 0 N–H and O–H groups in total. The van der Waals surface area contributed by atoms with Crippen molar-refractivity contribution in [2.45, 2.75) is 26.3 Å². The summed E-state index contributed by atoms with van der Waals surface area (Å²) < 4.78 is 4.57. The van der Waals surface area contributed by atoms with Gasteiger partial charge in [0.15, 0.2) is 0 Å². The van der Waals surface area contributed by atoms with E-state index in [1.54, 1.807) is 0 Å². The normalized spacial score (nSPS) is 10.6. The molecule has 0 bridgehead atoms. The number of nitrogens with zero attached hydrogens (tertiary/aromatic N) is 3. The summed E-state index contributed by atoms with van der Waals surface area (Å²) in [5.41, 5.74) is 2.07. The second-order valence-corrected chi connectivity index (χ2v) is 5.46. The monoisotopic (exact) mass is 281 g/mol. The SMILES string of the molecule is CCCCN(Cc1nnsc1Cl)c1ccccc1. The minimum atomic E-state index is 0.687. The lowest BCUT2D eigenvalue weighted by Gasteiger charge is -2.23. The Labute approximate surface area is 117 Å². The molecule has 0 amide bonds. The molecule has 0 saturated heterocycles. The van der Waals surface area contributed by atoms with Gasteiger partial charge in [0.05, 0.1) is 6.54 Å². The first-order valence-electron chi connectivity index (χ1n) is 6.08. The predicted molar refractivity (Wildman–Crippen MR) is 77.3 cm³/mol. The number of aromatic nitrogens is 2. The van der Waals surface area contributed by atoms with E-state index in [0.717, 1.165) is 25.2 Å². The van der Waals surface area contributed by atoms with E-state index < -0.39 is 0 Å². The van der Waals surface area contributed by atoms with Crippen LogP contribution in [0.2, 0.25) is 4.34 Å². The molecule has 0 fully saturated rings. The van der Waals surface area contributed by atoms with Crippen LogP contribution in [-0.2, 0) is 6.54 Å². The third kappa shape index (κ3) is 3.43. The summed E-state index contributed by atoms with van der Waals surface area (Å²) in [6.07, 6.45) is 2.33. The molecule has 1 aromatic heterocycles. The largest absolute Gasteiger partial charge is 0.365 e. The number of anilines is 1. The highest BCUT2D eigenvalue weighted by molar-refractivity contribution is 7.10. The van der Waals surface area contributed by atoms with Gasteiger partial charge in [0, 0.05) is 23.8 Å². The van der Waals surface area contributed by atoms with Crippen molar-refractivity contribution in [2.24, 2.45) is 0 Å². The Bertz CT molecular complexity index is 472. The maximum atomic E-state index is 6.07. The van der Waals surface area contributed by atoms with Crippen LogP contribution in [0.5, 0.6) is 0 Å². The van der Waals surface area contributed by atoms with Crippen LogP contribution in [0.25, 0.3) is 0 Å². The molecule has 5 heteroatoms. The molecule has 1 heterocycles. The van der Waals surface area contributed by atoms with Crippen LogP contribution in [0.15, 0.2) is 30.3 Å². The van der Waals surface area contributed by atoms with Gasteiger partial charge < -0.3 is 4.90 Å². The minimum Gasteiger partial charge on any atom is -0.365 e. The number of hydrogen-bond donors (Lipinski definition) is 0. The van der Waals surface area contributed by atoms with Crippen LogP contribution in [0.1, 0.15) is 25.5 Å². The van der Waals surface area contributed by atoms with Gasteiger partial charge in [-0.25, -0.2) is 0 Å². The molecule has 0 unspecified atom stereocenters. The molecular weight excluding hydrogens is 266 g/mol. The van der Waals surface area contributed by atoms with E-state index in [4.69, 9.17) is 11.6 Å². The zero-order valence-corrected chi connectivity index (χ0v) is 11.9. The second kappa shape index (κ2) is 6.71. The molecule has 0 radical (unpaired) electrons. The summed E-state index contributed by atoms with van der Waals surface area (Å²) in [4.78, 5) is 2.30. The van der Waals surface area contributed by atoms with E-state index in [1.165, 1.54) is 23.6 Å². The van der Waals surface area contributed by atoms with Crippen LogP contribution in [0.3, 0.4) is 0 Å². The number of para-hydroxylation sites is 1. The van der Waals surface area contributed by atoms with E-state index in [2.05, 4.69) is 45.7 Å². The highest BCUT2D eigenvalue weighted by atomic mass is 35.5. The predicted octanol–water partition coefficient (Wildman–Crippen LogP) is 4.00. The molecule has 2 aromatic rings. The first-order valence-corrected chi connectivity index (χ1v) is 7.23. The first-order chi connectivity index (χ1) is 8.81. The summed E-state index contributed by atoms with van der Waals surface area (Å²) in [6, 6.07) is 10.4. The molecule has 96 valence electrons. The highest BCUT2D eigenvalue weighted by Crippen LogP contribution is 2.22. The Kier molecular flexibility index (Phi) is 4.96. The molecule has 0 atom stereocenters. The first kappa shape index (κ1) is 13.3. The number of hydrogen-bond acceptors (Lipinski definition) is 4. The topological polar surface area (TPSA) is 29.0 Å². The molecule has 0 aliphatic heterocycles. The van der Waals surface area contributed by atoms with Crippen molar-refractivity contribution >= 4 is 28.8 Å². The van der Waals surface area contributed by atoms with Crippen LogP contribution in [-0.4, -0.2) is 16.1 Å². The third-order valence-corrected chi connectivity index (χ3v) is 3.74. The van der Waals surface area contributed by atoms with Crippen molar-refractivity contribution in [1.82, 2.24) is 9.59 Å². The van der Waals surface area contributed by atoms with Crippen molar-refractivity contribution in [1.29, 1.82) is 0 Å². The molecule has 2 rings (SSSR count). The Morgan fingerprint density at radius 3 is 2.67 bits per heavy atom. The van der Waals surface area contributed by atoms with Gasteiger partial charge in [-0.3, -0.25) is 0 Å². The molecule has 1 aromatic carbocycles. The molecule has 0 aliphatic rings.